The lowest BCUT2D eigenvalue weighted by molar-refractivity contribution is 0.0683. The van der Waals surface area contributed by atoms with Gasteiger partial charge in [-0.1, -0.05) is 18.2 Å². The summed E-state index contributed by atoms with van der Waals surface area (Å²) in [7, 11) is 0. The third kappa shape index (κ3) is 3.16. The second-order valence-electron chi connectivity index (χ2n) is 6.12. The Morgan fingerprint density at radius 3 is 2.88 bits per heavy atom. The van der Waals surface area contributed by atoms with Gasteiger partial charge in [0.1, 0.15) is 17.5 Å². The lowest BCUT2D eigenvalue weighted by atomic mass is 10.1. The molecule has 1 fully saturated rings. The fraction of sp³-hybridized carbons (Fsp3) is 0.211. The third-order valence-electron chi connectivity index (χ3n) is 4.41. The molecule has 0 bridgehead atoms. The number of nitrogens with two attached hydrogens (primary N) is 1. The average Bonchev–Trinajstić information content (AvgIpc) is 2.69. The van der Waals surface area contributed by atoms with Gasteiger partial charge in [-0.05, 0) is 12.1 Å². The molecule has 1 aromatic carbocycles. The summed E-state index contributed by atoms with van der Waals surface area (Å²) in [6.45, 7) is 2.89. The molecule has 3 heterocycles. The van der Waals surface area contributed by atoms with Crippen LogP contribution in [0.3, 0.4) is 0 Å². The lowest BCUT2D eigenvalue weighted by Crippen LogP contribution is -2.42. The van der Waals surface area contributed by atoms with Crippen LogP contribution in [0.5, 0.6) is 0 Å². The van der Waals surface area contributed by atoms with Crippen molar-refractivity contribution in [3.63, 3.8) is 0 Å². The molecule has 4 rings (SSSR count). The molecular weight excluding hydrogens is 328 g/mol. The fourth-order valence-corrected chi connectivity index (χ4v) is 3.08. The van der Waals surface area contributed by atoms with Crippen LogP contribution in [0, 0.1) is 5.41 Å². The number of pyridine rings is 1. The van der Waals surface area contributed by atoms with E-state index in [1.54, 1.807) is 6.20 Å². The molecule has 0 spiro atoms. The fourth-order valence-electron chi connectivity index (χ4n) is 3.08. The number of nitrogens with zero attached hydrogens (tertiary/aromatic N) is 3. The number of aromatic nitrogens is 1. The van der Waals surface area contributed by atoms with Crippen molar-refractivity contribution in [1.29, 1.82) is 5.41 Å². The minimum atomic E-state index is 0.504. The first-order valence-corrected chi connectivity index (χ1v) is 8.50. The normalized spacial score (nSPS) is 19.5. The van der Waals surface area contributed by atoms with Crippen LogP contribution in [0.4, 0.5) is 0 Å². The zero-order chi connectivity index (χ0) is 17.9. The van der Waals surface area contributed by atoms with Gasteiger partial charge in [0.2, 0.25) is 0 Å². The van der Waals surface area contributed by atoms with Crippen LogP contribution in [0.15, 0.2) is 59.2 Å². The van der Waals surface area contributed by atoms with Crippen molar-refractivity contribution >= 4 is 28.5 Å². The smallest absolute Gasteiger partial charge is 0.143 e. The van der Waals surface area contributed by atoms with Gasteiger partial charge in [-0.25, -0.2) is 4.99 Å². The van der Waals surface area contributed by atoms with Gasteiger partial charge in [-0.15, -0.1) is 0 Å². The number of ether oxygens (including phenoxy) is 1. The molecule has 1 aromatic heterocycles. The Morgan fingerprint density at radius 1 is 1.27 bits per heavy atom. The number of rotatable bonds is 2. The first kappa shape index (κ1) is 16.3. The van der Waals surface area contributed by atoms with E-state index in [0.717, 1.165) is 35.4 Å². The van der Waals surface area contributed by atoms with Crippen molar-refractivity contribution in [1.82, 2.24) is 15.2 Å². The summed E-state index contributed by atoms with van der Waals surface area (Å²) in [6.07, 6.45) is 4.86. The number of amidine groups is 1. The van der Waals surface area contributed by atoms with E-state index < -0.39 is 0 Å². The Bertz CT molecular complexity index is 940. The van der Waals surface area contributed by atoms with E-state index in [1.807, 2.05) is 36.4 Å². The number of hydrogen-bond acceptors (Lipinski definition) is 7. The zero-order valence-electron chi connectivity index (χ0n) is 14.3. The summed E-state index contributed by atoms with van der Waals surface area (Å²) in [6, 6.07) is 9.90. The van der Waals surface area contributed by atoms with Crippen molar-refractivity contribution in [2.24, 2.45) is 10.7 Å². The highest BCUT2D eigenvalue weighted by molar-refractivity contribution is 6.11. The summed E-state index contributed by atoms with van der Waals surface area (Å²) < 4.78 is 5.40. The van der Waals surface area contributed by atoms with Gasteiger partial charge in [0.15, 0.2) is 0 Å². The molecule has 0 atom stereocenters. The molecule has 2 aromatic rings. The van der Waals surface area contributed by atoms with Crippen LogP contribution in [-0.4, -0.2) is 48.2 Å². The molecule has 7 nitrogen and oxygen atoms in total. The predicted molar refractivity (Wildman–Crippen MR) is 103 cm³/mol. The van der Waals surface area contributed by atoms with Crippen LogP contribution in [0.2, 0.25) is 0 Å². The van der Waals surface area contributed by atoms with E-state index >= 15 is 0 Å². The summed E-state index contributed by atoms with van der Waals surface area (Å²) >= 11 is 0. The van der Waals surface area contributed by atoms with Crippen LogP contribution in [-0.2, 0) is 4.74 Å². The van der Waals surface area contributed by atoms with Crippen molar-refractivity contribution in [2.45, 2.75) is 0 Å². The van der Waals surface area contributed by atoms with Crippen LogP contribution in [0.1, 0.15) is 5.56 Å². The Kier molecular flexibility index (Phi) is 4.37. The average molecular weight is 348 g/mol. The number of benzene rings is 1. The summed E-state index contributed by atoms with van der Waals surface area (Å²) in [4.78, 5) is 11.3. The first-order chi connectivity index (χ1) is 12.7. The van der Waals surface area contributed by atoms with Gasteiger partial charge in [-0.3, -0.25) is 4.98 Å². The Balaban J connectivity index is 1.76. The molecule has 0 saturated carbocycles. The number of aliphatic imine (C=N–C) groups is 1. The van der Waals surface area contributed by atoms with Crippen molar-refractivity contribution in [2.75, 3.05) is 26.3 Å². The molecule has 0 radical (unpaired) electrons. The van der Waals surface area contributed by atoms with E-state index in [2.05, 4.69) is 15.2 Å². The molecule has 132 valence electrons. The zero-order valence-corrected chi connectivity index (χ0v) is 14.3. The van der Waals surface area contributed by atoms with Crippen molar-refractivity contribution in [3.05, 3.63) is 59.8 Å². The number of allylic oxidation sites excluding steroid dienone is 1. The largest absolute Gasteiger partial charge is 0.385 e. The van der Waals surface area contributed by atoms with Gasteiger partial charge in [0.05, 0.1) is 18.7 Å². The maximum atomic E-state index is 7.90. The summed E-state index contributed by atoms with van der Waals surface area (Å²) in [5.41, 5.74) is 8.45. The summed E-state index contributed by atoms with van der Waals surface area (Å²) in [5, 5.41) is 12.0. The molecule has 7 heteroatoms. The maximum Gasteiger partial charge on any atom is 0.143 e. The second-order valence-corrected chi connectivity index (χ2v) is 6.12. The van der Waals surface area contributed by atoms with E-state index in [4.69, 9.17) is 20.9 Å². The number of fused-ring (bicyclic) bond motifs is 1. The number of morpholine rings is 1. The number of para-hydroxylation sites is 1. The molecule has 4 N–H and O–H groups in total. The second kappa shape index (κ2) is 6.97. The van der Waals surface area contributed by atoms with Gasteiger partial charge >= 0.3 is 0 Å². The van der Waals surface area contributed by atoms with Gasteiger partial charge in [-0.2, -0.15) is 0 Å². The third-order valence-corrected chi connectivity index (χ3v) is 4.41. The van der Waals surface area contributed by atoms with E-state index in [-0.39, 0.29) is 0 Å². The predicted octanol–water partition coefficient (Wildman–Crippen LogP) is 1.69. The molecule has 0 aliphatic carbocycles. The van der Waals surface area contributed by atoms with Gasteiger partial charge in [0, 0.05) is 48.1 Å². The SMILES string of the molecule is N=C/C(=C1/N=C(N2CCOCC2)C=C(N)N1)c1cnc2ccccc2c1. The highest BCUT2D eigenvalue weighted by atomic mass is 16.5. The molecule has 0 amide bonds. The lowest BCUT2D eigenvalue weighted by Gasteiger charge is -2.30. The van der Waals surface area contributed by atoms with Gasteiger partial charge in [0.25, 0.3) is 0 Å². The molecule has 2 aliphatic rings. The van der Waals surface area contributed by atoms with E-state index in [1.165, 1.54) is 6.21 Å². The minimum Gasteiger partial charge on any atom is -0.385 e. The summed E-state index contributed by atoms with van der Waals surface area (Å²) in [5.74, 6) is 1.84. The highest BCUT2D eigenvalue weighted by Gasteiger charge is 2.19. The number of hydrogen-bond donors (Lipinski definition) is 3. The quantitative estimate of drug-likeness (QED) is 0.717. The Morgan fingerprint density at radius 2 is 2.08 bits per heavy atom. The molecule has 26 heavy (non-hydrogen) atoms. The molecule has 0 unspecified atom stereocenters. The molecule has 1 saturated heterocycles. The van der Waals surface area contributed by atoms with Crippen LogP contribution >= 0.6 is 0 Å². The van der Waals surface area contributed by atoms with Crippen LogP contribution in [0.25, 0.3) is 16.5 Å². The maximum absolute atomic E-state index is 7.90. The van der Waals surface area contributed by atoms with E-state index in [9.17, 15) is 0 Å². The molecular formula is C19H20N6O. The minimum absolute atomic E-state index is 0.504. The highest BCUT2D eigenvalue weighted by Crippen LogP contribution is 2.22. The topological polar surface area (TPSA) is 99.6 Å². The van der Waals surface area contributed by atoms with Crippen molar-refractivity contribution in [3.8, 4) is 0 Å². The van der Waals surface area contributed by atoms with Crippen LogP contribution < -0.4 is 11.1 Å². The Hall–Kier alpha value is -3.19. The van der Waals surface area contributed by atoms with Crippen molar-refractivity contribution < 1.29 is 4.74 Å². The molecule has 2 aliphatic heterocycles. The Labute approximate surface area is 151 Å². The number of nitrogens with one attached hydrogen (secondary N) is 2. The van der Waals surface area contributed by atoms with E-state index in [0.29, 0.717) is 30.4 Å². The van der Waals surface area contributed by atoms with Gasteiger partial charge < -0.3 is 26.1 Å². The standard InChI is InChI=1S/C19H20N6O/c20-11-15(14-9-13-3-1-2-4-16(13)22-12-14)19-23-17(21)10-18(24-19)25-5-7-26-8-6-25/h1-4,9-12,20,23H,5-8,21H2/b19-15-,20-11?. The monoisotopic (exact) mass is 348 g/mol. The first-order valence-electron chi connectivity index (χ1n) is 8.50.